The SMILES string of the molecule is CC1CN(Cc2cc(F)ccc2F)C(=O)N1c1ccc(-c2cn(C)c3ncnc(N)c23)c(F)c1. The number of nitrogens with two attached hydrogens (primary N) is 1. The van der Waals surface area contributed by atoms with Crippen molar-refractivity contribution < 1.29 is 18.0 Å². The van der Waals surface area contributed by atoms with Crippen LogP contribution in [0.25, 0.3) is 22.2 Å². The van der Waals surface area contributed by atoms with E-state index in [4.69, 9.17) is 5.73 Å². The number of halogens is 3. The van der Waals surface area contributed by atoms with E-state index in [0.717, 1.165) is 18.2 Å². The van der Waals surface area contributed by atoms with Crippen LogP contribution in [0.3, 0.4) is 0 Å². The number of aromatic nitrogens is 3. The summed E-state index contributed by atoms with van der Waals surface area (Å²) in [7, 11) is 1.78. The fraction of sp³-hybridized carbons (Fsp3) is 0.208. The first-order valence-electron chi connectivity index (χ1n) is 10.6. The molecule has 4 aromatic rings. The number of benzene rings is 2. The average molecular weight is 466 g/mol. The van der Waals surface area contributed by atoms with Crippen molar-refractivity contribution in [3.05, 3.63) is 71.9 Å². The number of carbonyl (C=O) groups excluding carboxylic acids is 1. The molecule has 2 aromatic carbocycles. The molecule has 34 heavy (non-hydrogen) atoms. The number of fused-ring (bicyclic) bond motifs is 1. The van der Waals surface area contributed by atoms with Gasteiger partial charge in [0.1, 0.15) is 35.2 Å². The van der Waals surface area contributed by atoms with Crippen LogP contribution in [0.5, 0.6) is 0 Å². The predicted molar refractivity (Wildman–Crippen MR) is 122 cm³/mol. The monoisotopic (exact) mass is 466 g/mol. The first-order chi connectivity index (χ1) is 16.2. The van der Waals surface area contributed by atoms with Crippen LogP contribution in [0.1, 0.15) is 12.5 Å². The Hall–Kier alpha value is -4.08. The van der Waals surface area contributed by atoms with E-state index >= 15 is 4.39 Å². The van der Waals surface area contributed by atoms with Crippen molar-refractivity contribution in [2.75, 3.05) is 17.2 Å². The number of carbonyl (C=O) groups is 1. The number of hydrogen-bond acceptors (Lipinski definition) is 4. The lowest BCUT2D eigenvalue weighted by Crippen LogP contribution is -2.33. The zero-order valence-electron chi connectivity index (χ0n) is 18.5. The van der Waals surface area contributed by atoms with Gasteiger partial charge in [-0.2, -0.15) is 0 Å². The van der Waals surface area contributed by atoms with Gasteiger partial charge >= 0.3 is 6.03 Å². The molecule has 3 heterocycles. The second-order valence-electron chi connectivity index (χ2n) is 8.39. The standard InChI is InChI=1S/C24H21F3N6O/c1-13-9-32(10-14-7-15(25)3-6-19(14)26)24(34)33(13)16-4-5-17(20(27)8-16)18-11-31(2)23-21(18)22(28)29-12-30-23/h3-8,11-13H,9-10H2,1-2H3,(H2,28,29,30). The van der Waals surface area contributed by atoms with E-state index in [0.29, 0.717) is 27.8 Å². The van der Waals surface area contributed by atoms with Crippen LogP contribution >= 0.6 is 0 Å². The Morgan fingerprint density at radius 2 is 1.85 bits per heavy atom. The molecule has 0 spiro atoms. The highest BCUT2D eigenvalue weighted by atomic mass is 19.1. The quantitative estimate of drug-likeness (QED) is 0.482. The molecule has 2 aromatic heterocycles. The lowest BCUT2D eigenvalue weighted by Gasteiger charge is -2.21. The van der Waals surface area contributed by atoms with Crippen molar-refractivity contribution in [1.29, 1.82) is 0 Å². The van der Waals surface area contributed by atoms with Gasteiger partial charge in [-0.15, -0.1) is 0 Å². The molecule has 0 aliphatic carbocycles. The largest absolute Gasteiger partial charge is 0.383 e. The lowest BCUT2D eigenvalue weighted by molar-refractivity contribution is 0.218. The van der Waals surface area contributed by atoms with E-state index in [1.165, 1.54) is 22.2 Å². The van der Waals surface area contributed by atoms with Crippen LogP contribution in [0, 0.1) is 17.5 Å². The maximum absolute atomic E-state index is 15.3. The molecule has 5 rings (SSSR count). The summed E-state index contributed by atoms with van der Waals surface area (Å²) in [6.07, 6.45) is 3.08. The molecule has 1 aliphatic heterocycles. The summed E-state index contributed by atoms with van der Waals surface area (Å²) in [5.74, 6) is -1.46. The van der Waals surface area contributed by atoms with Crippen LogP contribution in [-0.4, -0.2) is 38.1 Å². The first kappa shape index (κ1) is 21.7. The van der Waals surface area contributed by atoms with E-state index < -0.39 is 23.5 Å². The maximum Gasteiger partial charge on any atom is 0.325 e. The first-order valence-corrected chi connectivity index (χ1v) is 10.6. The van der Waals surface area contributed by atoms with E-state index in [1.807, 2.05) is 6.92 Å². The summed E-state index contributed by atoms with van der Waals surface area (Å²) in [5.41, 5.74) is 7.90. The molecule has 2 amide bonds. The van der Waals surface area contributed by atoms with E-state index in [2.05, 4.69) is 9.97 Å². The van der Waals surface area contributed by atoms with Gasteiger partial charge in [0.15, 0.2) is 0 Å². The smallest absolute Gasteiger partial charge is 0.325 e. The molecule has 0 saturated carbocycles. The van der Waals surface area contributed by atoms with Crippen molar-refractivity contribution in [2.24, 2.45) is 7.05 Å². The number of amides is 2. The number of rotatable bonds is 4. The number of hydrogen-bond donors (Lipinski definition) is 1. The van der Waals surface area contributed by atoms with Gasteiger partial charge in [-0.1, -0.05) is 0 Å². The molecule has 1 unspecified atom stereocenters. The lowest BCUT2D eigenvalue weighted by atomic mass is 10.0. The molecule has 10 heteroatoms. The molecular weight excluding hydrogens is 445 g/mol. The Morgan fingerprint density at radius 1 is 1.06 bits per heavy atom. The summed E-state index contributed by atoms with van der Waals surface area (Å²) < 4.78 is 44.7. The highest BCUT2D eigenvalue weighted by molar-refractivity contribution is 6.01. The normalized spacial score (nSPS) is 16.1. The van der Waals surface area contributed by atoms with Crippen molar-refractivity contribution in [3.63, 3.8) is 0 Å². The minimum atomic E-state index is -0.589. The summed E-state index contributed by atoms with van der Waals surface area (Å²) in [4.78, 5) is 24.2. The summed E-state index contributed by atoms with van der Waals surface area (Å²) in [6.45, 7) is 2.02. The van der Waals surface area contributed by atoms with Crippen LogP contribution < -0.4 is 10.6 Å². The minimum absolute atomic E-state index is 0.0830. The molecule has 1 aliphatic rings. The van der Waals surface area contributed by atoms with Crippen molar-refractivity contribution in [2.45, 2.75) is 19.5 Å². The molecule has 174 valence electrons. The Bertz CT molecular complexity index is 1440. The number of nitrogen functional groups attached to an aromatic ring is 1. The molecule has 1 fully saturated rings. The zero-order valence-corrected chi connectivity index (χ0v) is 18.5. The van der Waals surface area contributed by atoms with Gasteiger partial charge in [0.05, 0.1) is 18.0 Å². The number of aryl methyl sites for hydroxylation is 1. The van der Waals surface area contributed by atoms with Gasteiger partial charge in [-0.3, -0.25) is 4.90 Å². The van der Waals surface area contributed by atoms with Crippen LogP contribution in [0.4, 0.5) is 29.5 Å². The fourth-order valence-electron chi connectivity index (χ4n) is 4.50. The third-order valence-corrected chi connectivity index (χ3v) is 6.07. The average Bonchev–Trinajstić information content (AvgIpc) is 3.27. The van der Waals surface area contributed by atoms with Crippen LogP contribution in [0.2, 0.25) is 0 Å². The Balaban J connectivity index is 1.46. The van der Waals surface area contributed by atoms with Crippen molar-refractivity contribution in [1.82, 2.24) is 19.4 Å². The van der Waals surface area contributed by atoms with E-state index in [9.17, 15) is 13.6 Å². The molecular formula is C24H21F3N6O. The number of urea groups is 1. The van der Waals surface area contributed by atoms with Gasteiger partial charge in [0.25, 0.3) is 0 Å². The van der Waals surface area contributed by atoms with Gasteiger partial charge in [0.2, 0.25) is 0 Å². The van der Waals surface area contributed by atoms with E-state index in [1.54, 1.807) is 29.9 Å². The van der Waals surface area contributed by atoms with Crippen molar-refractivity contribution >= 4 is 28.6 Å². The van der Waals surface area contributed by atoms with Crippen LogP contribution in [0.15, 0.2) is 48.9 Å². The number of anilines is 2. The Kier molecular flexibility index (Phi) is 5.15. The second kappa shape index (κ2) is 8.05. The molecule has 0 radical (unpaired) electrons. The molecule has 1 atom stereocenters. The summed E-state index contributed by atoms with van der Waals surface area (Å²) in [6, 6.07) is 6.95. The molecule has 0 bridgehead atoms. The van der Waals surface area contributed by atoms with Crippen LogP contribution in [-0.2, 0) is 13.6 Å². The predicted octanol–water partition coefficient (Wildman–Crippen LogP) is 4.47. The second-order valence-corrected chi connectivity index (χ2v) is 8.39. The Morgan fingerprint density at radius 3 is 2.62 bits per heavy atom. The number of nitrogens with zero attached hydrogens (tertiary/aromatic N) is 5. The Labute approximate surface area is 193 Å². The van der Waals surface area contributed by atoms with Gasteiger partial charge in [-0.25, -0.2) is 27.9 Å². The molecule has 1 saturated heterocycles. The fourth-order valence-corrected chi connectivity index (χ4v) is 4.50. The third-order valence-electron chi connectivity index (χ3n) is 6.07. The van der Waals surface area contributed by atoms with Crippen molar-refractivity contribution in [3.8, 4) is 11.1 Å². The van der Waals surface area contributed by atoms with E-state index in [-0.39, 0.29) is 30.5 Å². The maximum atomic E-state index is 15.3. The highest BCUT2D eigenvalue weighted by Gasteiger charge is 2.36. The molecule has 2 N–H and O–H groups in total. The van der Waals surface area contributed by atoms with Gasteiger partial charge in [-0.05, 0) is 43.3 Å². The summed E-state index contributed by atoms with van der Waals surface area (Å²) >= 11 is 0. The molecule has 7 nitrogen and oxygen atoms in total. The van der Waals surface area contributed by atoms with Gasteiger partial charge in [0, 0.05) is 42.2 Å². The highest BCUT2D eigenvalue weighted by Crippen LogP contribution is 2.36. The summed E-state index contributed by atoms with van der Waals surface area (Å²) in [5, 5.41) is 0.547. The topological polar surface area (TPSA) is 80.3 Å². The minimum Gasteiger partial charge on any atom is -0.383 e. The zero-order chi connectivity index (χ0) is 24.1. The third kappa shape index (κ3) is 3.51. The van der Waals surface area contributed by atoms with Gasteiger partial charge < -0.3 is 15.2 Å².